The molecule has 0 aromatic heterocycles. The van der Waals surface area contributed by atoms with Gasteiger partial charge in [-0.25, -0.2) is 8.93 Å². The van der Waals surface area contributed by atoms with E-state index in [9.17, 15) is 4.21 Å². The van der Waals surface area contributed by atoms with Gasteiger partial charge in [-0.1, -0.05) is 46.3 Å². The molecule has 0 aliphatic rings. The van der Waals surface area contributed by atoms with Gasteiger partial charge in [0.2, 0.25) is 0 Å². The summed E-state index contributed by atoms with van der Waals surface area (Å²) < 4.78 is 16.4. The van der Waals surface area contributed by atoms with Crippen LogP contribution in [-0.4, -0.2) is 8.96 Å². The Labute approximate surface area is 143 Å². The molecule has 0 spiro atoms. The van der Waals surface area contributed by atoms with Crippen LogP contribution < -0.4 is 10.5 Å². The van der Waals surface area contributed by atoms with Crippen molar-refractivity contribution in [2.24, 2.45) is 0 Å². The molecule has 2 aromatic rings. The number of hydrogen-bond acceptors (Lipinski definition) is 2. The summed E-state index contributed by atoms with van der Waals surface area (Å²) in [4.78, 5) is 0. The number of halogens is 1. The van der Waals surface area contributed by atoms with Gasteiger partial charge in [-0.05, 0) is 50.1 Å². The Morgan fingerprint density at radius 2 is 1.77 bits per heavy atom. The molecule has 0 saturated heterocycles. The molecule has 0 aliphatic heterocycles. The third-order valence-corrected chi connectivity index (χ3v) is 5.33. The zero-order valence-electron chi connectivity index (χ0n) is 13.0. The summed E-state index contributed by atoms with van der Waals surface area (Å²) in [5.41, 5.74) is 8.78. The van der Waals surface area contributed by atoms with Crippen molar-refractivity contribution < 1.29 is 4.21 Å². The largest absolute Gasteiger partial charge is 0.398 e. The Morgan fingerprint density at radius 3 is 2.36 bits per heavy atom. The molecule has 0 heterocycles. The fourth-order valence-electron chi connectivity index (χ4n) is 2.04. The molecular formula is C17H21BrN2OS. The van der Waals surface area contributed by atoms with Crippen LogP contribution in [-0.2, 0) is 11.0 Å². The number of nitrogens with two attached hydrogens (primary N) is 1. The minimum Gasteiger partial charge on any atom is -0.398 e. The first-order chi connectivity index (χ1) is 10.3. The van der Waals surface area contributed by atoms with Gasteiger partial charge in [-0.3, -0.25) is 0 Å². The lowest BCUT2D eigenvalue weighted by Crippen LogP contribution is -2.36. The van der Waals surface area contributed by atoms with Crippen molar-refractivity contribution in [3.05, 3.63) is 64.1 Å². The molecule has 0 saturated carbocycles. The van der Waals surface area contributed by atoms with Gasteiger partial charge in [0.25, 0.3) is 0 Å². The lowest BCUT2D eigenvalue weighted by Gasteiger charge is -2.26. The Kier molecular flexibility index (Phi) is 5.42. The third kappa shape index (κ3) is 4.18. The number of hydrogen-bond donors (Lipinski definition) is 2. The van der Waals surface area contributed by atoms with Crippen LogP contribution in [0.3, 0.4) is 0 Å². The van der Waals surface area contributed by atoms with Crippen molar-refractivity contribution in [1.82, 2.24) is 4.72 Å². The predicted molar refractivity (Wildman–Crippen MR) is 97.9 cm³/mol. The first-order valence-electron chi connectivity index (χ1n) is 7.07. The van der Waals surface area contributed by atoms with Crippen molar-refractivity contribution in [3.63, 3.8) is 0 Å². The first-order valence-corrected chi connectivity index (χ1v) is 9.01. The van der Waals surface area contributed by atoms with Crippen molar-refractivity contribution in [1.29, 1.82) is 0 Å². The molecule has 22 heavy (non-hydrogen) atoms. The van der Waals surface area contributed by atoms with E-state index in [0.717, 1.165) is 15.6 Å². The second kappa shape index (κ2) is 6.94. The second-order valence-electron chi connectivity index (χ2n) is 6.12. The highest BCUT2D eigenvalue weighted by Crippen LogP contribution is 2.30. The van der Waals surface area contributed by atoms with Crippen LogP contribution in [0.15, 0.2) is 53.0 Å². The number of benzene rings is 2. The molecule has 0 radical (unpaired) electrons. The molecule has 0 aliphatic carbocycles. The molecule has 0 bridgehead atoms. The summed E-state index contributed by atoms with van der Waals surface area (Å²) in [5.74, 6) is 0. The molecular weight excluding hydrogens is 360 g/mol. The average Bonchev–Trinajstić information content (AvgIpc) is 2.47. The maximum Gasteiger partial charge on any atom is 0.0979 e. The third-order valence-electron chi connectivity index (χ3n) is 3.27. The van der Waals surface area contributed by atoms with Crippen molar-refractivity contribution in [2.75, 3.05) is 5.73 Å². The fraction of sp³-hybridized carbons (Fsp3) is 0.294. The van der Waals surface area contributed by atoms with Crippen LogP contribution in [0.5, 0.6) is 0 Å². The zero-order chi connectivity index (χ0) is 16.3. The normalized spacial score (nSPS) is 14.5. The van der Waals surface area contributed by atoms with E-state index in [1.54, 1.807) is 0 Å². The maximum absolute atomic E-state index is 12.6. The molecule has 5 heteroatoms. The van der Waals surface area contributed by atoms with Crippen LogP contribution >= 0.6 is 15.9 Å². The van der Waals surface area contributed by atoms with Crippen LogP contribution in [0.1, 0.15) is 37.9 Å². The van der Waals surface area contributed by atoms with Gasteiger partial charge in [-0.15, -0.1) is 0 Å². The molecule has 0 fully saturated rings. The van der Waals surface area contributed by atoms with Gasteiger partial charge in [0.1, 0.15) is 0 Å². The summed E-state index contributed by atoms with van der Waals surface area (Å²) >= 11 is 3.48. The zero-order valence-corrected chi connectivity index (χ0v) is 15.4. The highest BCUT2D eigenvalue weighted by molar-refractivity contribution is 9.10. The van der Waals surface area contributed by atoms with Crippen LogP contribution in [0.2, 0.25) is 0 Å². The predicted octanol–water partition coefficient (Wildman–Crippen LogP) is 4.17. The van der Waals surface area contributed by atoms with E-state index in [1.807, 2.05) is 69.3 Å². The first kappa shape index (κ1) is 17.2. The lowest BCUT2D eigenvalue weighted by molar-refractivity contribution is 0.624. The SMILES string of the molecule is CC(C)(C)[S@@](=O)N[C@@H](c1ccccc1)c1cc(Br)ccc1N. The number of nitrogens with one attached hydrogen (secondary N) is 1. The Balaban J connectivity index is 2.47. The van der Waals surface area contributed by atoms with E-state index in [1.165, 1.54) is 0 Å². The lowest BCUT2D eigenvalue weighted by atomic mass is 9.98. The van der Waals surface area contributed by atoms with E-state index in [0.29, 0.717) is 5.69 Å². The highest BCUT2D eigenvalue weighted by atomic mass is 79.9. The smallest absolute Gasteiger partial charge is 0.0979 e. The summed E-state index contributed by atoms with van der Waals surface area (Å²) in [6.45, 7) is 5.84. The summed E-state index contributed by atoms with van der Waals surface area (Å²) in [6.07, 6.45) is 0. The maximum atomic E-state index is 12.6. The quantitative estimate of drug-likeness (QED) is 0.781. The molecule has 3 N–H and O–H groups in total. The second-order valence-corrected chi connectivity index (χ2v) is 9.03. The number of anilines is 1. The van der Waals surface area contributed by atoms with Crippen molar-refractivity contribution in [3.8, 4) is 0 Å². The van der Waals surface area contributed by atoms with Gasteiger partial charge in [-0.2, -0.15) is 0 Å². The molecule has 3 nitrogen and oxygen atoms in total. The standard InChI is InChI=1S/C17H21BrN2OS/c1-17(2,3)22(21)20-16(12-7-5-4-6-8-12)14-11-13(18)9-10-15(14)19/h4-11,16,20H,19H2,1-3H3/t16-,22+/m0/s1. The van der Waals surface area contributed by atoms with E-state index >= 15 is 0 Å². The van der Waals surface area contributed by atoms with Gasteiger partial charge in [0.15, 0.2) is 0 Å². The van der Waals surface area contributed by atoms with Crippen LogP contribution in [0.25, 0.3) is 0 Å². The van der Waals surface area contributed by atoms with Gasteiger partial charge in [0.05, 0.1) is 21.8 Å². The molecule has 118 valence electrons. The van der Waals surface area contributed by atoms with Gasteiger partial charge >= 0.3 is 0 Å². The topological polar surface area (TPSA) is 55.1 Å². The van der Waals surface area contributed by atoms with Crippen molar-refractivity contribution in [2.45, 2.75) is 31.6 Å². The fourth-order valence-corrected chi connectivity index (χ4v) is 3.25. The van der Waals surface area contributed by atoms with E-state index in [4.69, 9.17) is 5.73 Å². The van der Waals surface area contributed by atoms with E-state index in [-0.39, 0.29) is 10.8 Å². The minimum atomic E-state index is -1.20. The summed E-state index contributed by atoms with van der Waals surface area (Å²) in [6, 6.07) is 15.4. The summed E-state index contributed by atoms with van der Waals surface area (Å²) in [7, 11) is -1.20. The number of nitrogen functional groups attached to an aromatic ring is 1. The molecule has 2 aromatic carbocycles. The monoisotopic (exact) mass is 380 g/mol. The van der Waals surface area contributed by atoms with Crippen LogP contribution in [0, 0.1) is 0 Å². The highest BCUT2D eigenvalue weighted by Gasteiger charge is 2.25. The Hall–Kier alpha value is -1.17. The van der Waals surface area contributed by atoms with Crippen molar-refractivity contribution >= 4 is 32.6 Å². The van der Waals surface area contributed by atoms with Crippen LogP contribution in [0.4, 0.5) is 5.69 Å². The number of rotatable bonds is 4. The van der Waals surface area contributed by atoms with Gasteiger partial charge < -0.3 is 5.73 Å². The van der Waals surface area contributed by atoms with Gasteiger partial charge in [0, 0.05) is 10.2 Å². The van der Waals surface area contributed by atoms with E-state index in [2.05, 4.69) is 20.7 Å². The molecule has 0 unspecified atom stereocenters. The summed E-state index contributed by atoms with van der Waals surface area (Å²) in [5, 5.41) is 0. The molecule has 2 atom stereocenters. The Morgan fingerprint density at radius 1 is 1.14 bits per heavy atom. The average molecular weight is 381 g/mol. The molecule has 2 rings (SSSR count). The minimum absolute atomic E-state index is 0.223. The Bertz CT molecular complexity index is 668. The van der Waals surface area contributed by atoms with E-state index < -0.39 is 11.0 Å². The molecule has 0 amide bonds.